The molecule has 1 aliphatic carbocycles. The zero-order valence-corrected chi connectivity index (χ0v) is 14.2. The van der Waals surface area contributed by atoms with E-state index >= 15 is 0 Å². The van der Waals surface area contributed by atoms with Crippen molar-refractivity contribution in [3.05, 3.63) is 0 Å². The van der Waals surface area contributed by atoms with Gasteiger partial charge in [-0.05, 0) is 30.6 Å². The van der Waals surface area contributed by atoms with Crippen LogP contribution < -0.4 is 5.32 Å². The first-order valence-electron chi connectivity index (χ1n) is 8.07. The highest BCUT2D eigenvalue weighted by molar-refractivity contribution is 5.82. The molecule has 0 bridgehead atoms. The Balaban J connectivity index is 1.86. The molecular formula is C16H29N3O3. The molecule has 6 heteroatoms. The Morgan fingerprint density at radius 3 is 2.64 bits per heavy atom. The molecule has 1 heterocycles. The maximum absolute atomic E-state index is 11.8. The standard InChI is InChI=1S/C16H29N3O3/c1-12-9-19(10-13(12)14(20)22-4)15(17-2)18-11-16(5-6-16)7-8-21-3/h12-13H,5-11H2,1-4H3,(H,17,18). The summed E-state index contributed by atoms with van der Waals surface area (Å²) < 4.78 is 10.1. The normalized spacial score (nSPS) is 26.9. The van der Waals surface area contributed by atoms with Crippen LogP contribution in [0.5, 0.6) is 0 Å². The lowest BCUT2D eigenvalue weighted by atomic mass is 9.99. The molecule has 2 aliphatic rings. The van der Waals surface area contributed by atoms with Gasteiger partial charge in [-0.1, -0.05) is 6.92 Å². The Kier molecular flexibility index (Phi) is 5.67. The van der Waals surface area contributed by atoms with Crippen LogP contribution in [0, 0.1) is 17.3 Å². The van der Waals surface area contributed by atoms with Gasteiger partial charge in [0.2, 0.25) is 0 Å². The predicted molar refractivity (Wildman–Crippen MR) is 85.8 cm³/mol. The lowest BCUT2D eigenvalue weighted by molar-refractivity contribution is -0.145. The molecule has 0 spiro atoms. The van der Waals surface area contributed by atoms with Crippen molar-refractivity contribution < 1.29 is 14.3 Å². The van der Waals surface area contributed by atoms with Crippen LogP contribution in [0.15, 0.2) is 4.99 Å². The monoisotopic (exact) mass is 311 g/mol. The van der Waals surface area contributed by atoms with Gasteiger partial charge in [0.15, 0.2) is 5.96 Å². The van der Waals surface area contributed by atoms with E-state index < -0.39 is 0 Å². The number of rotatable bonds is 6. The second-order valence-corrected chi connectivity index (χ2v) is 6.66. The van der Waals surface area contributed by atoms with E-state index in [0.29, 0.717) is 12.0 Å². The van der Waals surface area contributed by atoms with Crippen molar-refractivity contribution in [2.24, 2.45) is 22.2 Å². The first-order valence-corrected chi connectivity index (χ1v) is 8.07. The minimum Gasteiger partial charge on any atom is -0.469 e. The molecule has 22 heavy (non-hydrogen) atoms. The second-order valence-electron chi connectivity index (χ2n) is 6.66. The van der Waals surface area contributed by atoms with E-state index in [1.807, 2.05) is 0 Å². The topological polar surface area (TPSA) is 63.2 Å². The molecule has 126 valence electrons. The van der Waals surface area contributed by atoms with E-state index in [1.54, 1.807) is 14.2 Å². The Morgan fingerprint density at radius 2 is 2.09 bits per heavy atom. The predicted octanol–water partition coefficient (Wildman–Crippen LogP) is 1.12. The number of carbonyl (C=O) groups excluding carboxylic acids is 1. The van der Waals surface area contributed by atoms with Gasteiger partial charge in [-0.2, -0.15) is 0 Å². The number of ether oxygens (including phenoxy) is 2. The maximum atomic E-state index is 11.8. The molecule has 2 unspecified atom stereocenters. The summed E-state index contributed by atoms with van der Waals surface area (Å²) in [5.41, 5.74) is 0.374. The van der Waals surface area contributed by atoms with Crippen molar-refractivity contribution in [2.45, 2.75) is 26.2 Å². The number of hydrogen-bond donors (Lipinski definition) is 1. The Morgan fingerprint density at radius 1 is 1.36 bits per heavy atom. The average molecular weight is 311 g/mol. The third-order valence-corrected chi connectivity index (χ3v) is 5.04. The van der Waals surface area contributed by atoms with Gasteiger partial charge in [0.05, 0.1) is 13.0 Å². The number of hydrogen-bond acceptors (Lipinski definition) is 4. The fraction of sp³-hybridized carbons (Fsp3) is 0.875. The summed E-state index contributed by atoms with van der Waals surface area (Å²) in [5.74, 6) is 0.993. The summed E-state index contributed by atoms with van der Waals surface area (Å²) in [6.07, 6.45) is 3.60. The first kappa shape index (κ1) is 17.1. The SMILES string of the molecule is CN=C(NCC1(CCOC)CC1)N1CC(C)C(C(=O)OC)C1. The van der Waals surface area contributed by atoms with Crippen molar-refractivity contribution in [3.63, 3.8) is 0 Å². The number of esters is 1. The third kappa shape index (κ3) is 3.91. The molecule has 1 saturated heterocycles. The van der Waals surface area contributed by atoms with Crippen LogP contribution >= 0.6 is 0 Å². The van der Waals surface area contributed by atoms with Crippen molar-refractivity contribution in [3.8, 4) is 0 Å². The number of nitrogens with one attached hydrogen (secondary N) is 1. The zero-order chi connectivity index (χ0) is 16.2. The van der Waals surface area contributed by atoms with E-state index in [9.17, 15) is 4.79 Å². The van der Waals surface area contributed by atoms with Crippen LogP contribution in [0.4, 0.5) is 0 Å². The van der Waals surface area contributed by atoms with Gasteiger partial charge in [0, 0.05) is 40.4 Å². The molecule has 2 fully saturated rings. The average Bonchev–Trinajstić information content (AvgIpc) is 3.20. The van der Waals surface area contributed by atoms with E-state index in [2.05, 4.69) is 22.1 Å². The lowest BCUT2D eigenvalue weighted by Crippen LogP contribution is -2.43. The molecule has 0 aromatic rings. The number of likely N-dealkylation sites (tertiary alicyclic amines) is 1. The van der Waals surface area contributed by atoms with E-state index in [4.69, 9.17) is 9.47 Å². The third-order valence-electron chi connectivity index (χ3n) is 5.04. The van der Waals surface area contributed by atoms with Crippen molar-refractivity contribution in [2.75, 3.05) is 47.5 Å². The zero-order valence-electron chi connectivity index (χ0n) is 14.2. The number of methoxy groups -OCH3 is 2. The van der Waals surface area contributed by atoms with Gasteiger partial charge < -0.3 is 19.7 Å². The molecule has 1 saturated carbocycles. The molecule has 0 amide bonds. The lowest BCUT2D eigenvalue weighted by Gasteiger charge is -2.24. The van der Waals surface area contributed by atoms with Crippen LogP contribution in [-0.4, -0.2) is 64.3 Å². The molecule has 1 N–H and O–H groups in total. The molecule has 1 aliphatic heterocycles. The van der Waals surface area contributed by atoms with Crippen LogP contribution in [0.25, 0.3) is 0 Å². The highest BCUT2D eigenvalue weighted by Crippen LogP contribution is 2.48. The largest absolute Gasteiger partial charge is 0.469 e. The van der Waals surface area contributed by atoms with Gasteiger partial charge in [0.25, 0.3) is 0 Å². The summed E-state index contributed by atoms with van der Waals surface area (Å²) >= 11 is 0. The first-order chi connectivity index (χ1) is 10.5. The van der Waals surface area contributed by atoms with E-state index in [1.165, 1.54) is 20.0 Å². The Bertz CT molecular complexity index is 421. The van der Waals surface area contributed by atoms with Gasteiger partial charge >= 0.3 is 5.97 Å². The number of nitrogens with zero attached hydrogens (tertiary/aromatic N) is 2. The van der Waals surface area contributed by atoms with Crippen LogP contribution in [0.2, 0.25) is 0 Å². The van der Waals surface area contributed by atoms with Crippen molar-refractivity contribution >= 4 is 11.9 Å². The second kappa shape index (κ2) is 7.31. The summed E-state index contributed by atoms with van der Waals surface area (Å²) in [4.78, 5) is 18.4. The van der Waals surface area contributed by atoms with E-state index in [0.717, 1.165) is 32.1 Å². The minimum atomic E-state index is -0.121. The summed E-state index contributed by atoms with van der Waals surface area (Å²) in [7, 11) is 5.01. The minimum absolute atomic E-state index is 0.0630. The number of guanidine groups is 1. The van der Waals surface area contributed by atoms with Gasteiger partial charge in [0.1, 0.15) is 0 Å². The molecule has 0 aromatic heterocycles. The maximum Gasteiger partial charge on any atom is 0.310 e. The smallest absolute Gasteiger partial charge is 0.310 e. The Labute approximate surface area is 133 Å². The number of carbonyl (C=O) groups is 1. The molecule has 2 rings (SSSR count). The summed E-state index contributed by atoms with van der Waals surface area (Å²) in [6, 6.07) is 0. The molecule has 0 aromatic carbocycles. The molecule has 2 atom stereocenters. The highest BCUT2D eigenvalue weighted by atomic mass is 16.5. The van der Waals surface area contributed by atoms with Gasteiger partial charge in [-0.3, -0.25) is 9.79 Å². The summed E-state index contributed by atoms with van der Waals surface area (Å²) in [6.45, 7) is 5.35. The number of aliphatic imine (C=N–C) groups is 1. The van der Waals surface area contributed by atoms with Gasteiger partial charge in [-0.25, -0.2) is 0 Å². The molecular weight excluding hydrogens is 282 g/mol. The van der Waals surface area contributed by atoms with E-state index in [-0.39, 0.29) is 17.8 Å². The molecule has 0 radical (unpaired) electrons. The fourth-order valence-corrected chi connectivity index (χ4v) is 3.21. The van der Waals surface area contributed by atoms with Crippen molar-refractivity contribution in [1.29, 1.82) is 0 Å². The Hall–Kier alpha value is -1.30. The van der Waals surface area contributed by atoms with Crippen molar-refractivity contribution in [1.82, 2.24) is 10.2 Å². The quantitative estimate of drug-likeness (QED) is 0.452. The van der Waals surface area contributed by atoms with Crippen LogP contribution in [-0.2, 0) is 14.3 Å². The summed E-state index contributed by atoms with van der Waals surface area (Å²) in [5, 5.41) is 3.49. The van der Waals surface area contributed by atoms with Gasteiger partial charge in [-0.15, -0.1) is 0 Å². The highest BCUT2D eigenvalue weighted by Gasteiger charge is 2.43. The van der Waals surface area contributed by atoms with Crippen LogP contribution in [0.1, 0.15) is 26.2 Å². The molecule has 6 nitrogen and oxygen atoms in total. The van der Waals surface area contributed by atoms with Crippen LogP contribution in [0.3, 0.4) is 0 Å². The fourth-order valence-electron chi connectivity index (χ4n) is 3.21.